The summed E-state index contributed by atoms with van der Waals surface area (Å²) in [5.41, 5.74) is 0.940. The maximum atomic E-state index is 13.4. The van der Waals surface area contributed by atoms with E-state index in [1.165, 1.54) is 16.7 Å². The van der Waals surface area contributed by atoms with Crippen LogP contribution in [0.25, 0.3) is 38.9 Å². The normalized spacial score (nSPS) is 11.3. The molecule has 0 N–H and O–H groups in total. The third-order valence-corrected chi connectivity index (χ3v) is 5.07. The molecule has 146 valence electrons. The van der Waals surface area contributed by atoms with Gasteiger partial charge in [-0.3, -0.25) is 14.2 Å². The molecule has 2 heterocycles. The summed E-state index contributed by atoms with van der Waals surface area (Å²) < 4.78 is 15.9. The lowest BCUT2D eigenvalue weighted by molar-refractivity contribution is 0.628. The molecule has 0 aliphatic heterocycles. The summed E-state index contributed by atoms with van der Waals surface area (Å²) in [4.78, 5) is 30.6. The molecule has 0 amide bonds. The van der Waals surface area contributed by atoms with E-state index in [1.807, 2.05) is 6.07 Å². The molecular weight excluding hydrogens is 383 g/mol. The topological polar surface area (TPSA) is 69.8 Å². The Labute approximate surface area is 169 Å². The van der Waals surface area contributed by atoms with Crippen LogP contribution in [0.2, 0.25) is 0 Å². The first-order valence-corrected chi connectivity index (χ1v) is 9.29. The van der Waals surface area contributed by atoms with E-state index in [9.17, 15) is 14.0 Å². The lowest BCUT2D eigenvalue weighted by Crippen LogP contribution is -2.31. The van der Waals surface area contributed by atoms with Crippen molar-refractivity contribution < 1.29 is 4.39 Å². The second kappa shape index (κ2) is 6.73. The van der Waals surface area contributed by atoms with Crippen molar-refractivity contribution in [2.24, 2.45) is 7.05 Å². The smallest absolute Gasteiger partial charge is 0.279 e. The van der Waals surface area contributed by atoms with Gasteiger partial charge in [-0.05, 0) is 42.5 Å². The fraction of sp³-hybridized carbons (Fsp3) is 0.0435. The quantitative estimate of drug-likeness (QED) is 0.457. The zero-order chi connectivity index (χ0) is 20.8. The van der Waals surface area contributed by atoms with Crippen molar-refractivity contribution in [2.75, 3.05) is 0 Å². The van der Waals surface area contributed by atoms with Crippen LogP contribution in [0.3, 0.4) is 0 Å². The van der Waals surface area contributed by atoms with Gasteiger partial charge in [0.25, 0.3) is 11.1 Å². The van der Waals surface area contributed by atoms with Gasteiger partial charge in [0.05, 0.1) is 22.0 Å². The van der Waals surface area contributed by atoms with Crippen molar-refractivity contribution in [3.63, 3.8) is 0 Å². The van der Waals surface area contributed by atoms with Crippen molar-refractivity contribution in [1.82, 2.24) is 19.3 Å². The predicted molar refractivity (Wildman–Crippen MR) is 113 cm³/mol. The van der Waals surface area contributed by atoms with E-state index in [0.717, 1.165) is 4.68 Å². The van der Waals surface area contributed by atoms with Gasteiger partial charge in [-0.2, -0.15) is 9.78 Å². The van der Waals surface area contributed by atoms with E-state index in [-0.39, 0.29) is 17.3 Å². The maximum absolute atomic E-state index is 13.4. The molecule has 5 rings (SSSR count). The van der Waals surface area contributed by atoms with Gasteiger partial charge in [0, 0.05) is 18.0 Å². The zero-order valence-electron chi connectivity index (χ0n) is 15.9. The molecule has 0 unspecified atom stereocenters. The predicted octanol–water partition coefficient (Wildman–Crippen LogP) is 3.44. The molecule has 0 spiro atoms. The Morgan fingerprint density at radius 2 is 1.40 bits per heavy atom. The van der Waals surface area contributed by atoms with E-state index >= 15 is 0 Å². The van der Waals surface area contributed by atoms with Crippen LogP contribution in [0.15, 0.2) is 82.4 Å². The lowest BCUT2D eigenvalue weighted by Gasteiger charge is -2.13. The molecule has 7 heteroatoms. The Morgan fingerprint density at radius 1 is 0.767 bits per heavy atom. The van der Waals surface area contributed by atoms with Crippen molar-refractivity contribution in [1.29, 1.82) is 0 Å². The number of fused-ring (bicyclic) bond motifs is 2. The minimum absolute atomic E-state index is 0.109. The van der Waals surface area contributed by atoms with Gasteiger partial charge in [-0.25, -0.2) is 9.37 Å². The van der Waals surface area contributed by atoms with Crippen molar-refractivity contribution in [3.8, 4) is 17.2 Å². The molecule has 6 nitrogen and oxygen atoms in total. The van der Waals surface area contributed by atoms with E-state index < -0.39 is 5.56 Å². The molecule has 0 saturated heterocycles. The number of halogens is 1. The summed E-state index contributed by atoms with van der Waals surface area (Å²) >= 11 is 0. The molecule has 0 atom stereocenters. The van der Waals surface area contributed by atoms with Crippen LogP contribution in [-0.2, 0) is 7.05 Å². The van der Waals surface area contributed by atoms with Crippen LogP contribution >= 0.6 is 0 Å². The molecule has 3 aromatic carbocycles. The average Bonchev–Trinajstić information content (AvgIpc) is 2.78. The molecule has 0 fully saturated rings. The molecule has 0 aliphatic carbocycles. The SMILES string of the molecule is Cn1c(-n2nc(-c3ccc(F)cc3)c3ccccc3c2=O)nc2ccccc2c1=O. The van der Waals surface area contributed by atoms with Gasteiger partial charge >= 0.3 is 0 Å². The lowest BCUT2D eigenvalue weighted by atomic mass is 10.1. The maximum Gasteiger partial charge on any atom is 0.282 e. The summed E-state index contributed by atoms with van der Waals surface area (Å²) in [7, 11) is 1.55. The molecule has 30 heavy (non-hydrogen) atoms. The highest BCUT2D eigenvalue weighted by Crippen LogP contribution is 2.25. The standard InChI is InChI=1S/C23H15FN4O2/c1-27-21(29)18-8-4-5-9-19(18)25-23(27)28-22(30)17-7-3-2-6-16(17)20(26-28)14-10-12-15(24)13-11-14/h2-13H,1H3. The number of aromatic nitrogens is 4. The van der Waals surface area contributed by atoms with Gasteiger partial charge in [-0.1, -0.05) is 30.3 Å². The van der Waals surface area contributed by atoms with Gasteiger partial charge in [0.1, 0.15) is 5.82 Å². The molecule has 0 saturated carbocycles. The first kappa shape index (κ1) is 17.9. The van der Waals surface area contributed by atoms with Crippen LogP contribution in [0.4, 0.5) is 4.39 Å². The fourth-order valence-corrected chi connectivity index (χ4v) is 3.54. The van der Waals surface area contributed by atoms with Gasteiger partial charge in [0.15, 0.2) is 0 Å². The first-order valence-electron chi connectivity index (χ1n) is 9.29. The number of hydrogen-bond donors (Lipinski definition) is 0. The summed E-state index contributed by atoms with van der Waals surface area (Å²) in [6, 6.07) is 19.9. The first-order chi connectivity index (χ1) is 14.5. The average molecular weight is 398 g/mol. The Bertz CT molecular complexity index is 1550. The summed E-state index contributed by atoms with van der Waals surface area (Å²) in [6.07, 6.45) is 0. The number of benzene rings is 3. The Morgan fingerprint density at radius 3 is 2.13 bits per heavy atom. The highest BCUT2D eigenvalue weighted by atomic mass is 19.1. The van der Waals surface area contributed by atoms with Gasteiger partial charge < -0.3 is 0 Å². The second-order valence-electron chi connectivity index (χ2n) is 6.91. The van der Waals surface area contributed by atoms with Gasteiger partial charge in [-0.15, -0.1) is 0 Å². The molecular formula is C23H15FN4O2. The minimum Gasteiger partial charge on any atom is -0.279 e. The molecule has 0 aliphatic rings. The molecule has 0 radical (unpaired) electrons. The third-order valence-electron chi connectivity index (χ3n) is 5.07. The minimum atomic E-state index is -0.394. The van der Waals surface area contributed by atoms with Crippen LogP contribution in [0.5, 0.6) is 0 Å². The Kier molecular flexibility index (Phi) is 4.03. The monoisotopic (exact) mass is 398 g/mol. The highest BCUT2D eigenvalue weighted by molar-refractivity contribution is 5.93. The van der Waals surface area contributed by atoms with Crippen LogP contribution in [-0.4, -0.2) is 19.3 Å². The van der Waals surface area contributed by atoms with Crippen molar-refractivity contribution in [2.45, 2.75) is 0 Å². The van der Waals surface area contributed by atoms with Crippen LogP contribution in [0, 0.1) is 5.82 Å². The van der Waals surface area contributed by atoms with E-state index in [2.05, 4.69) is 10.1 Å². The number of para-hydroxylation sites is 1. The number of rotatable bonds is 2. The zero-order valence-corrected chi connectivity index (χ0v) is 15.9. The molecule has 0 bridgehead atoms. The molecule has 2 aromatic heterocycles. The van der Waals surface area contributed by atoms with Crippen LogP contribution < -0.4 is 11.1 Å². The van der Waals surface area contributed by atoms with E-state index in [0.29, 0.717) is 32.9 Å². The van der Waals surface area contributed by atoms with Crippen molar-refractivity contribution >= 4 is 21.7 Å². The summed E-state index contributed by atoms with van der Waals surface area (Å²) in [5.74, 6) is -0.257. The second-order valence-corrected chi connectivity index (χ2v) is 6.91. The highest BCUT2D eigenvalue weighted by Gasteiger charge is 2.17. The number of nitrogens with zero attached hydrogens (tertiary/aromatic N) is 4. The number of hydrogen-bond acceptors (Lipinski definition) is 4. The van der Waals surface area contributed by atoms with E-state index in [1.54, 1.807) is 61.6 Å². The Balaban J connectivity index is 1.89. The van der Waals surface area contributed by atoms with Crippen LogP contribution in [0.1, 0.15) is 0 Å². The third kappa shape index (κ3) is 2.71. The fourth-order valence-electron chi connectivity index (χ4n) is 3.54. The molecule has 5 aromatic rings. The van der Waals surface area contributed by atoms with Crippen molar-refractivity contribution in [3.05, 3.63) is 99.3 Å². The van der Waals surface area contributed by atoms with Gasteiger partial charge in [0.2, 0.25) is 5.95 Å². The summed E-state index contributed by atoms with van der Waals surface area (Å²) in [6.45, 7) is 0. The summed E-state index contributed by atoms with van der Waals surface area (Å²) in [5, 5.41) is 6.05. The Hall–Kier alpha value is -4.13. The van der Waals surface area contributed by atoms with E-state index in [4.69, 9.17) is 0 Å². The largest absolute Gasteiger partial charge is 0.282 e.